The fraction of sp³-hybridized carbons (Fsp3) is 0.318. The minimum Gasteiger partial charge on any atom is -0.350 e. The summed E-state index contributed by atoms with van der Waals surface area (Å²) in [5, 5.41) is 23.4. The highest BCUT2D eigenvalue weighted by Gasteiger charge is 2.31. The molecule has 0 saturated carbocycles. The highest BCUT2D eigenvalue weighted by molar-refractivity contribution is 5.94. The Morgan fingerprint density at radius 2 is 1.94 bits per heavy atom. The number of carbonyl (C=O) groups excluding carboxylic acids is 2. The summed E-state index contributed by atoms with van der Waals surface area (Å²) in [6.45, 7) is 2.10. The lowest BCUT2D eigenvalue weighted by molar-refractivity contribution is -0.137. The number of hydrogen-bond donors (Lipinski definition) is 2. The van der Waals surface area contributed by atoms with Crippen LogP contribution in [-0.4, -0.2) is 42.5 Å². The van der Waals surface area contributed by atoms with Crippen LogP contribution in [0.25, 0.3) is 0 Å². The van der Waals surface area contributed by atoms with Gasteiger partial charge in [0.1, 0.15) is 11.9 Å². The molecule has 1 aliphatic heterocycles. The van der Waals surface area contributed by atoms with Crippen molar-refractivity contribution in [3.63, 3.8) is 0 Å². The summed E-state index contributed by atoms with van der Waals surface area (Å²) >= 11 is 0. The Morgan fingerprint density at radius 1 is 1.24 bits per heavy atom. The zero-order chi connectivity index (χ0) is 24.9. The summed E-state index contributed by atoms with van der Waals surface area (Å²) in [7, 11) is 0. The second-order valence-corrected chi connectivity index (χ2v) is 7.56. The fourth-order valence-corrected chi connectivity index (χ4v) is 3.17. The van der Waals surface area contributed by atoms with Crippen LogP contribution in [0.5, 0.6) is 0 Å². The monoisotopic (exact) mass is 476 g/mol. The normalized spacial score (nSPS) is 16.1. The molecular weight excluding hydrogens is 456 g/mol. The van der Waals surface area contributed by atoms with Crippen LogP contribution in [0.15, 0.2) is 52.8 Å². The van der Waals surface area contributed by atoms with Crippen LogP contribution in [0.4, 0.5) is 17.6 Å². The number of nitrogens with one attached hydrogen (secondary N) is 2. The lowest BCUT2D eigenvalue weighted by Crippen LogP contribution is -2.40. The van der Waals surface area contributed by atoms with Gasteiger partial charge < -0.3 is 10.6 Å². The first-order chi connectivity index (χ1) is 16.1. The van der Waals surface area contributed by atoms with Crippen molar-refractivity contribution in [3.8, 4) is 6.07 Å². The zero-order valence-corrected chi connectivity index (χ0v) is 17.9. The molecule has 12 heteroatoms. The van der Waals surface area contributed by atoms with Crippen LogP contribution in [0.2, 0.25) is 0 Å². The summed E-state index contributed by atoms with van der Waals surface area (Å²) < 4.78 is 52.0. The van der Waals surface area contributed by atoms with E-state index in [1.807, 2.05) is 6.07 Å². The molecule has 8 nitrogen and oxygen atoms in total. The number of nitriles is 1. The van der Waals surface area contributed by atoms with E-state index in [9.17, 15) is 32.4 Å². The van der Waals surface area contributed by atoms with Crippen LogP contribution in [0.1, 0.15) is 33.1 Å². The van der Waals surface area contributed by atoms with Crippen molar-refractivity contribution in [2.75, 3.05) is 19.6 Å². The number of aryl methyl sites for hydroxylation is 1. The van der Waals surface area contributed by atoms with E-state index in [1.54, 1.807) is 13.0 Å². The van der Waals surface area contributed by atoms with Crippen LogP contribution in [0.3, 0.4) is 0 Å². The number of carbonyl (C=O) groups is 2. The number of hydrogen-bond acceptors (Lipinski definition) is 6. The van der Waals surface area contributed by atoms with E-state index >= 15 is 0 Å². The van der Waals surface area contributed by atoms with Gasteiger partial charge in [-0.25, -0.2) is 4.39 Å². The topological polar surface area (TPSA) is 110 Å². The first kappa shape index (κ1) is 24.6. The summed E-state index contributed by atoms with van der Waals surface area (Å²) in [6, 6.07) is 7.91. The van der Waals surface area contributed by atoms with Crippen LogP contribution >= 0.6 is 0 Å². The number of nitrogens with zero attached hydrogens (tertiary/aromatic N) is 4. The lowest BCUT2D eigenvalue weighted by atomic mass is 10.0. The van der Waals surface area contributed by atoms with Gasteiger partial charge in [-0.2, -0.15) is 23.5 Å². The number of rotatable bonds is 7. The third kappa shape index (κ3) is 6.06. The van der Waals surface area contributed by atoms with Crippen LogP contribution in [0, 0.1) is 24.1 Å². The quantitative estimate of drug-likeness (QED) is 0.598. The first-order valence-corrected chi connectivity index (χ1v) is 10.2. The van der Waals surface area contributed by atoms with Gasteiger partial charge >= 0.3 is 6.18 Å². The van der Waals surface area contributed by atoms with Gasteiger partial charge in [-0.05, 0) is 42.3 Å². The van der Waals surface area contributed by atoms with E-state index in [1.165, 1.54) is 17.1 Å². The number of amides is 2. The summed E-state index contributed by atoms with van der Waals surface area (Å²) in [5.74, 6) is -1.84. The lowest BCUT2D eigenvalue weighted by Gasteiger charge is -2.16. The molecule has 2 N–H and O–H groups in total. The standard InChI is InChI=1S/C22H20F4N6O2/c1-13-2-7-16(17(23)10-13)20(33)28-8-9-32-12-19(30-31-32)21(34)29-18(11-27)14-3-5-15(6-4-14)22(24,25)26/h2-7,10,18-19H,8-9,12H2,1H3,(H,28,33)(H,29,34). The van der Waals surface area contributed by atoms with E-state index < -0.39 is 41.5 Å². The predicted octanol–water partition coefficient (Wildman–Crippen LogP) is 3.32. The zero-order valence-electron chi connectivity index (χ0n) is 17.9. The molecule has 178 valence electrons. The van der Waals surface area contributed by atoms with E-state index in [0.29, 0.717) is 5.56 Å². The van der Waals surface area contributed by atoms with Crippen LogP contribution < -0.4 is 10.6 Å². The molecule has 0 radical (unpaired) electrons. The molecule has 2 amide bonds. The van der Waals surface area contributed by atoms with E-state index in [0.717, 1.165) is 24.3 Å². The molecule has 0 aromatic heterocycles. The second kappa shape index (κ2) is 10.3. The SMILES string of the molecule is Cc1ccc(C(=O)NCCN2CC(C(=O)NC(C#N)c3ccc(C(F)(F)F)cc3)N=N2)c(F)c1. The van der Waals surface area contributed by atoms with Crippen molar-refractivity contribution in [1.29, 1.82) is 5.26 Å². The Hall–Kier alpha value is -4.01. The molecule has 0 fully saturated rings. The predicted molar refractivity (Wildman–Crippen MR) is 112 cm³/mol. The summed E-state index contributed by atoms with van der Waals surface area (Å²) in [6.07, 6.45) is -4.51. The van der Waals surface area contributed by atoms with Gasteiger partial charge in [-0.1, -0.05) is 23.4 Å². The van der Waals surface area contributed by atoms with Crippen molar-refractivity contribution in [2.45, 2.75) is 25.2 Å². The summed E-state index contributed by atoms with van der Waals surface area (Å²) in [4.78, 5) is 24.6. The van der Waals surface area contributed by atoms with Gasteiger partial charge in [-0.3, -0.25) is 14.6 Å². The molecule has 2 aromatic carbocycles. The minimum absolute atomic E-state index is 0.0752. The number of benzene rings is 2. The Labute approximate surface area is 192 Å². The van der Waals surface area contributed by atoms with Crippen molar-refractivity contribution >= 4 is 11.8 Å². The molecule has 2 atom stereocenters. The Bertz CT molecular complexity index is 1130. The maximum atomic E-state index is 13.9. The highest BCUT2D eigenvalue weighted by Crippen LogP contribution is 2.30. The minimum atomic E-state index is -4.51. The molecule has 0 spiro atoms. The molecule has 3 rings (SSSR count). The van der Waals surface area contributed by atoms with Gasteiger partial charge in [0, 0.05) is 6.54 Å². The smallest absolute Gasteiger partial charge is 0.350 e. The first-order valence-electron chi connectivity index (χ1n) is 10.2. The molecule has 1 aliphatic rings. The van der Waals surface area contributed by atoms with Gasteiger partial charge in [0.15, 0.2) is 6.04 Å². The largest absolute Gasteiger partial charge is 0.416 e. The van der Waals surface area contributed by atoms with Gasteiger partial charge in [0.25, 0.3) is 5.91 Å². The van der Waals surface area contributed by atoms with Crippen molar-refractivity contribution in [3.05, 3.63) is 70.5 Å². The average molecular weight is 476 g/mol. The third-order valence-electron chi connectivity index (χ3n) is 5.02. The van der Waals surface area contributed by atoms with Crippen LogP contribution in [-0.2, 0) is 11.0 Å². The third-order valence-corrected chi connectivity index (χ3v) is 5.02. The maximum absolute atomic E-state index is 13.9. The van der Waals surface area contributed by atoms with Crippen molar-refractivity contribution < 1.29 is 27.2 Å². The fourth-order valence-electron chi connectivity index (χ4n) is 3.17. The molecule has 0 aliphatic carbocycles. The number of alkyl halides is 3. The Balaban J connectivity index is 1.48. The molecular formula is C22H20F4N6O2. The molecule has 0 bridgehead atoms. The second-order valence-electron chi connectivity index (χ2n) is 7.56. The van der Waals surface area contributed by atoms with Gasteiger partial charge in [-0.15, -0.1) is 0 Å². The van der Waals surface area contributed by atoms with Crippen molar-refractivity contribution in [2.24, 2.45) is 10.3 Å². The molecule has 0 saturated heterocycles. The number of halogens is 4. The molecule has 1 heterocycles. The Kier molecular flexibility index (Phi) is 7.45. The van der Waals surface area contributed by atoms with E-state index in [-0.39, 0.29) is 30.8 Å². The van der Waals surface area contributed by atoms with E-state index in [2.05, 4.69) is 21.0 Å². The average Bonchev–Trinajstić information content (AvgIpc) is 3.26. The molecule has 2 aromatic rings. The van der Waals surface area contributed by atoms with Crippen molar-refractivity contribution in [1.82, 2.24) is 15.6 Å². The molecule has 2 unspecified atom stereocenters. The van der Waals surface area contributed by atoms with E-state index in [4.69, 9.17) is 0 Å². The maximum Gasteiger partial charge on any atom is 0.416 e. The Morgan fingerprint density at radius 3 is 2.56 bits per heavy atom. The molecule has 34 heavy (non-hydrogen) atoms. The van der Waals surface area contributed by atoms with Gasteiger partial charge in [0.05, 0.1) is 30.3 Å². The highest BCUT2D eigenvalue weighted by atomic mass is 19.4. The summed E-state index contributed by atoms with van der Waals surface area (Å²) in [5.41, 5.74) is -0.0667. The van der Waals surface area contributed by atoms with Gasteiger partial charge in [0.2, 0.25) is 5.91 Å².